The first-order valence-corrected chi connectivity index (χ1v) is 5.79. The molecular weight excluding hydrogens is 192 g/mol. The Balaban J connectivity index is 1.85. The third-order valence-corrected chi connectivity index (χ3v) is 3.45. The molecule has 0 saturated carbocycles. The summed E-state index contributed by atoms with van der Waals surface area (Å²) < 4.78 is 5.67. The lowest BCUT2D eigenvalue weighted by atomic mass is 9.94. The first kappa shape index (κ1) is 10.9. The molecule has 86 valence electrons. The molecule has 0 aromatic carbocycles. The molecule has 0 aliphatic carbocycles. The van der Waals surface area contributed by atoms with E-state index in [1.54, 1.807) is 0 Å². The van der Waals surface area contributed by atoms with E-state index >= 15 is 0 Å². The lowest BCUT2D eigenvalue weighted by molar-refractivity contribution is -0.124. The third-order valence-electron chi connectivity index (χ3n) is 3.45. The predicted molar refractivity (Wildman–Crippen MR) is 57.3 cm³/mol. The molecule has 0 unspecified atom stereocenters. The smallest absolute Gasteiger partial charge is 0.237 e. The van der Waals surface area contributed by atoms with Gasteiger partial charge in [-0.25, -0.2) is 0 Å². The van der Waals surface area contributed by atoms with Crippen LogP contribution in [0.4, 0.5) is 0 Å². The monoisotopic (exact) mass is 212 g/mol. The van der Waals surface area contributed by atoms with Crippen molar-refractivity contribution in [2.75, 3.05) is 0 Å². The summed E-state index contributed by atoms with van der Waals surface area (Å²) >= 11 is 0. The second-order valence-electron chi connectivity index (χ2n) is 4.99. The van der Waals surface area contributed by atoms with E-state index in [4.69, 9.17) is 10.5 Å². The molecule has 4 atom stereocenters. The maximum Gasteiger partial charge on any atom is 0.237 e. The highest BCUT2D eigenvalue weighted by molar-refractivity contribution is 5.82. The van der Waals surface area contributed by atoms with Gasteiger partial charge < -0.3 is 15.8 Å². The first-order chi connectivity index (χ1) is 7.08. The highest BCUT2D eigenvalue weighted by Gasteiger charge is 2.41. The van der Waals surface area contributed by atoms with Crippen LogP contribution in [-0.4, -0.2) is 30.2 Å². The van der Waals surface area contributed by atoms with E-state index < -0.39 is 6.04 Å². The summed E-state index contributed by atoms with van der Waals surface area (Å²) in [5.74, 6) is 0.149. The zero-order valence-corrected chi connectivity index (χ0v) is 9.40. The summed E-state index contributed by atoms with van der Waals surface area (Å²) in [5, 5.41) is 3.00. The van der Waals surface area contributed by atoms with Crippen molar-refractivity contribution < 1.29 is 9.53 Å². The van der Waals surface area contributed by atoms with Crippen LogP contribution in [0, 0.1) is 5.92 Å². The van der Waals surface area contributed by atoms with Crippen LogP contribution in [0.5, 0.6) is 0 Å². The van der Waals surface area contributed by atoms with Gasteiger partial charge in [-0.2, -0.15) is 0 Å². The van der Waals surface area contributed by atoms with E-state index in [0.29, 0.717) is 6.10 Å². The largest absolute Gasteiger partial charge is 0.373 e. The van der Waals surface area contributed by atoms with Crippen LogP contribution in [-0.2, 0) is 9.53 Å². The molecule has 0 radical (unpaired) electrons. The number of carbonyl (C=O) groups excluding carboxylic acids is 1. The minimum absolute atomic E-state index is 0.0360. The maximum atomic E-state index is 11.7. The lowest BCUT2D eigenvalue weighted by Gasteiger charge is -2.23. The van der Waals surface area contributed by atoms with E-state index in [2.05, 4.69) is 5.32 Å². The zero-order chi connectivity index (χ0) is 11.0. The number of amides is 1. The minimum Gasteiger partial charge on any atom is -0.373 e. The SMILES string of the molecule is CC(C)[C@H](N)C(=O)N[C@@H]1C[C@H]2CC[C@@H]1O2. The number of nitrogens with one attached hydrogen (secondary N) is 1. The molecule has 4 heteroatoms. The van der Waals surface area contributed by atoms with E-state index in [9.17, 15) is 4.79 Å². The second kappa shape index (κ2) is 4.10. The van der Waals surface area contributed by atoms with Crippen molar-refractivity contribution in [1.82, 2.24) is 5.32 Å². The Morgan fingerprint density at radius 2 is 2.20 bits per heavy atom. The summed E-state index contributed by atoms with van der Waals surface area (Å²) in [4.78, 5) is 11.7. The Morgan fingerprint density at radius 1 is 1.47 bits per heavy atom. The second-order valence-corrected chi connectivity index (χ2v) is 4.99. The predicted octanol–water partition coefficient (Wildman–Crippen LogP) is 0.406. The summed E-state index contributed by atoms with van der Waals surface area (Å²) in [6.07, 6.45) is 3.79. The van der Waals surface area contributed by atoms with E-state index in [1.165, 1.54) is 0 Å². The number of rotatable bonds is 3. The van der Waals surface area contributed by atoms with Crippen LogP contribution in [0.3, 0.4) is 0 Å². The lowest BCUT2D eigenvalue weighted by Crippen LogP contribution is -2.50. The van der Waals surface area contributed by atoms with Gasteiger partial charge >= 0.3 is 0 Å². The van der Waals surface area contributed by atoms with Crippen molar-refractivity contribution >= 4 is 5.91 Å². The van der Waals surface area contributed by atoms with Gasteiger partial charge in [-0.05, 0) is 25.2 Å². The van der Waals surface area contributed by atoms with Crippen LogP contribution in [0.25, 0.3) is 0 Å². The molecule has 4 nitrogen and oxygen atoms in total. The molecule has 0 aromatic heterocycles. The van der Waals surface area contributed by atoms with Gasteiger partial charge in [-0.3, -0.25) is 4.79 Å². The van der Waals surface area contributed by atoms with Crippen molar-refractivity contribution in [1.29, 1.82) is 0 Å². The molecule has 2 aliphatic heterocycles. The van der Waals surface area contributed by atoms with E-state index in [-0.39, 0.29) is 24.0 Å². The standard InChI is InChI=1S/C11H20N2O2/c1-6(2)10(12)11(14)13-8-5-7-3-4-9(8)15-7/h6-10H,3-5,12H2,1-2H3,(H,13,14)/t7-,8-,9+,10+/m1/s1. The zero-order valence-electron chi connectivity index (χ0n) is 9.40. The first-order valence-electron chi connectivity index (χ1n) is 5.79. The normalized spacial score (nSPS) is 35.9. The molecule has 2 rings (SSSR count). The van der Waals surface area contributed by atoms with Crippen molar-refractivity contribution in [3.8, 4) is 0 Å². The molecule has 2 heterocycles. The topological polar surface area (TPSA) is 64.4 Å². The van der Waals surface area contributed by atoms with Gasteiger partial charge in [0.05, 0.1) is 24.3 Å². The summed E-state index contributed by atoms with van der Waals surface area (Å²) in [7, 11) is 0. The number of hydrogen-bond acceptors (Lipinski definition) is 3. The molecule has 1 amide bonds. The van der Waals surface area contributed by atoms with Gasteiger partial charge in [0.1, 0.15) is 0 Å². The van der Waals surface area contributed by atoms with E-state index in [0.717, 1.165) is 19.3 Å². The number of nitrogens with two attached hydrogens (primary N) is 1. The van der Waals surface area contributed by atoms with Crippen molar-refractivity contribution in [2.45, 2.75) is 57.4 Å². The van der Waals surface area contributed by atoms with Gasteiger partial charge in [0.15, 0.2) is 0 Å². The highest BCUT2D eigenvalue weighted by atomic mass is 16.5. The molecular formula is C11H20N2O2. The van der Waals surface area contributed by atoms with E-state index in [1.807, 2.05) is 13.8 Å². The average Bonchev–Trinajstić information content (AvgIpc) is 2.77. The maximum absolute atomic E-state index is 11.7. The molecule has 0 aromatic rings. The molecule has 0 spiro atoms. The van der Waals surface area contributed by atoms with Gasteiger partial charge in [0, 0.05) is 0 Å². The third kappa shape index (κ3) is 2.16. The Bertz CT molecular complexity index is 255. The van der Waals surface area contributed by atoms with Crippen LogP contribution in [0.15, 0.2) is 0 Å². The van der Waals surface area contributed by atoms with Crippen molar-refractivity contribution in [3.63, 3.8) is 0 Å². The molecule has 2 fully saturated rings. The fourth-order valence-electron chi connectivity index (χ4n) is 2.37. The average molecular weight is 212 g/mol. The summed E-state index contributed by atoms with van der Waals surface area (Å²) in [5.41, 5.74) is 5.78. The van der Waals surface area contributed by atoms with Crippen LogP contribution >= 0.6 is 0 Å². The van der Waals surface area contributed by atoms with Gasteiger partial charge in [0.25, 0.3) is 0 Å². The number of fused-ring (bicyclic) bond motifs is 2. The molecule has 2 aliphatic rings. The van der Waals surface area contributed by atoms with Gasteiger partial charge in [-0.15, -0.1) is 0 Å². The van der Waals surface area contributed by atoms with Crippen molar-refractivity contribution in [2.24, 2.45) is 11.7 Å². The van der Waals surface area contributed by atoms with Crippen LogP contribution in [0.1, 0.15) is 33.1 Å². The molecule has 2 saturated heterocycles. The van der Waals surface area contributed by atoms with Crippen molar-refractivity contribution in [3.05, 3.63) is 0 Å². The molecule has 3 N–H and O–H groups in total. The Kier molecular flexibility index (Phi) is 2.98. The number of carbonyl (C=O) groups is 1. The molecule has 2 bridgehead atoms. The fourth-order valence-corrected chi connectivity index (χ4v) is 2.37. The summed E-state index contributed by atoms with van der Waals surface area (Å²) in [6.45, 7) is 3.92. The number of hydrogen-bond donors (Lipinski definition) is 2. The van der Waals surface area contributed by atoms with Gasteiger partial charge in [-0.1, -0.05) is 13.8 Å². The summed E-state index contributed by atoms with van der Waals surface area (Å²) in [6, 6.07) is -0.204. The Labute approximate surface area is 90.5 Å². The highest BCUT2D eigenvalue weighted by Crippen LogP contribution is 2.34. The van der Waals surface area contributed by atoms with Gasteiger partial charge in [0.2, 0.25) is 5.91 Å². The fraction of sp³-hybridized carbons (Fsp3) is 0.909. The van der Waals surface area contributed by atoms with Crippen LogP contribution in [0.2, 0.25) is 0 Å². The Morgan fingerprint density at radius 3 is 2.67 bits per heavy atom. The van der Waals surface area contributed by atoms with Crippen LogP contribution < -0.4 is 11.1 Å². The minimum atomic E-state index is -0.399. The Hall–Kier alpha value is -0.610. The quantitative estimate of drug-likeness (QED) is 0.712. The molecule has 15 heavy (non-hydrogen) atoms. The number of ether oxygens (including phenoxy) is 1.